The van der Waals surface area contributed by atoms with Gasteiger partial charge < -0.3 is 10.1 Å². The Morgan fingerprint density at radius 3 is 2.63 bits per heavy atom. The van der Waals surface area contributed by atoms with Crippen LogP contribution in [0, 0.1) is 11.3 Å². The third-order valence-corrected chi connectivity index (χ3v) is 3.53. The minimum Gasteiger partial charge on any atom is -0.486 e. The third kappa shape index (κ3) is 4.39. The normalized spacial score (nSPS) is 11.3. The molecule has 19 heavy (non-hydrogen) atoms. The molecule has 0 atom stereocenters. The van der Waals surface area contributed by atoms with Crippen LogP contribution >= 0.6 is 35.4 Å². The fourth-order valence-electron chi connectivity index (χ4n) is 1.36. The maximum Gasteiger partial charge on any atom is 0.203 e. The second-order valence-electron chi connectivity index (χ2n) is 3.71. The van der Waals surface area contributed by atoms with Gasteiger partial charge in [0.05, 0.1) is 17.2 Å². The van der Waals surface area contributed by atoms with E-state index in [0.29, 0.717) is 27.9 Å². The average molecular weight is 315 g/mol. The first-order valence-corrected chi connectivity index (χ1v) is 6.53. The molecular formula is C13H12Cl2N2OS. The number of allylic oxidation sites excluding steroid dienone is 1. The fourth-order valence-corrected chi connectivity index (χ4v) is 1.88. The van der Waals surface area contributed by atoms with Crippen molar-refractivity contribution < 1.29 is 4.74 Å². The van der Waals surface area contributed by atoms with Crippen LogP contribution in [0.3, 0.4) is 0 Å². The Morgan fingerprint density at radius 2 is 2.11 bits per heavy atom. The lowest BCUT2D eigenvalue weighted by Gasteiger charge is -2.10. The van der Waals surface area contributed by atoms with E-state index < -0.39 is 0 Å². The summed E-state index contributed by atoms with van der Waals surface area (Å²) in [5.74, 6) is 0. The molecule has 0 amide bonds. The van der Waals surface area contributed by atoms with Crippen molar-refractivity contribution in [3.05, 3.63) is 45.1 Å². The molecule has 0 bridgehead atoms. The Labute approximate surface area is 127 Å². The Morgan fingerprint density at radius 1 is 1.42 bits per heavy atom. The van der Waals surface area contributed by atoms with Crippen molar-refractivity contribution in [2.24, 2.45) is 0 Å². The van der Waals surface area contributed by atoms with Crippen molar-refractivity contribution in [1.82, 2.24) is 5.32 Å². The number of hydrogen-bond donors (Lipinski definition) is 1. The molecule has 0 radical (unpaired) electrons. The highest BCUT2D eigenvalue weighted by Crippen LogP contribution is 2.22. The van der Waals surface area contributed by atoms with E-state index >= 15 is 0 Å². The van der Waals surface area contributed by atoms with Gasteiger partial charge in [0.2, 0.25) is 5.05 Å². The number of benzene rings is 1. The lowest BCUT2D eigenvalue weighted by atomic mass is 10.2. The number of rotatable bonds is 4. The van der Waals surface area contributed by atoms with Gasteiger partial charge in [0.25, 0.3) is 0 Å². The maximum absolute atomic E-state index is 9.02. The van der Waals surface area contributed by atoms with Crippen LogP contribution in [0.25, 0.3) is 0 Å². The molecule has 1 aromatic carbocycles. The minimum absolute atomic E-state index is 0.168. The van der Waals surface area contributed by atoms with Crippen LogP contribution < -0.4 is 5.32 Å². The zero-order chi connectivity index (χ0) is 14.4. The second-order valence-corrected chi connectivity index (χ2v) is 4.89. The van der Waals surface area contributed by atoms with Crippen LogP contribution in [-0.2, 0) is 11.3 Å². The lowest BCUT2D eigenvalue weighted by molar-refractivity contribution is 0.415. The van der Waals surface area contributed by atoms with Crippen LogP contribution in [0.5, 0.6) is 0 Å². The summed E-state index contributed by atoms with van der Waals surface area (Å²) < 4.78 is 4.88. The lowest BCUT2D eigenvalue weighted by Crippen LogP contribution is -2.15. The van der Waals surface area contributed by atoms with Crippen LogP contribution in [0.15, 0.2) is 29.5 Å². The second kappa shape index (κ2) is 7.34. The zero-order valence-electron chi connectivity index (χ0n) is 10.5. The van der Waals surface area contributed by atoms with Gasteiger partial charge in [-0.05, 0) is 36.8 Å². The molecule has 0 fully saturated rings. The highest BCUT2D eigenvalue weighted by atomic mass is 35.5. The molecule has 0 heterocycles. The summed E-state index contributed by atoms with van der Waals surface area (Å²) >= 11 is 16.7. The monoisotopic (exact) mass is 314 g/mol. The molecule has 1 rings (SSSR count). The van der Waals surface area contributed by atoms with Crippen LogP contribution in [0.1, 0.15) is 12.5 Å². The van der Waals surface area contributed by atoms with E-state index in [4.69, 9.17) is 45.4 Å². The van der Waals surface area contributed by atoms with E-state index in [1.54, 1.807) is 19.1 Å². The molecule has 1 aromatic rings. The summed E-state index contributed by atoms with van der Waals surface area (Å²) in [5.41, 5.74) is 1.92. The summed E-state index contributed by atoms with van der Waals surface area (Å²) in [6.45, 7) is 2.28. The Bertz CT molecular complexity index is 564. The topological polar surface area (TPSA) is 45.0 Å². The van der Waals surface area contributed by atoms with Gasteiger partial charge in [-0.15, -0.1) is 0 Å². The van der Waals surface area contributed by atoms with E-state index in [1.807, 2.05) is 12.1 Å². The van der Waals surface area contributed by atoms with Gasteiger partial charge in [-0.2, -0.15) is 5.26 Å². The number of nitrogens with zero attached hydrogens (tertiary/aromatic N) is 1. The van der Waals surface area contributed by atoms with Gasteiger partial charge in [0, 0.05) is 12.2 Å². The number of thiocarbonyl (C=S) groups is 1. The first kappa shape index (κ1) is 15.8. The Balaban J connectivity index is 2.80. The number of ether oxygens (including phenoxy) is 1. The van der Waals surface area contributed by atoms with Crippen LogP contribution in [0.4, 0.5) is 0 Å². The van der Waals surface area contributed by atoms with Crippen molar-refractivity contribution in [1.29, 1.82) is 5.26 Å². The van der Waals surface area contributed by atoms with Crippen LogP contribution in [-0.4, -0.2) is 12.2 Å². The van der Waals surface area contributed by atoms with Gasteiger partial charge in [-0.1, -0.05) is 29.3 Å². The SMILES string of the molecule is COC(=S)C(C#N)=C(C)NCc1ccc(Cl)c(Cl)c1. The number of methoxy groups -OCH3 is 1. The molecule has 6 heteroatoms. The first-order chi connectivity index (χ1) is 8.99. The molecule has 0 unspecified atom stereocenters. The van der Waals surface area contributed by atoms with E-state index in [9.17, 15) is 0 Å². The molecule has 0 aromatic heterocycles. The highest BCUT2D eigenvalue weighted by Gasteiger charge is 2.08. The van der Waals surface area contributed by atoms with Crippen LogP contribution in [0.2, 0.25) is 10.0 Å². The van der Waals surface area contributed by atoms with Gasteiger partial charge >= 0.3 is 0 Å². The summed E-state index contributed by atoms with van der Waals surface area (Å²) in [5, 5.41) is 13.3. The fraction of sp³-hybridized carbons (Fsp3) is 0.231. The van der Waals surface area contributed by atoms with E-state index in [2.05, 4.69) is 5.32 Å². The first-order valence-electron chi connectivity index (χ1n) is 5.36. The zero-order valence-corrected chi connectivity index (χ0v) is 12.8. The number of nitriles is 1. The highest BCUT2D eigenvalue weighted by molar-refractivity contribution is 7.80. The smallest absolute Gasteiger partial charge is 0.203 e. The molecular weight excluding hydrogens is 303 g/mol. The summed E-state index contributed by atoms with van der Waals surface area (Å²) in [4.78, 5) is 0. The molecule has 0 saturated heterocycles. The maximum atomic E-state index is 9.02. The average Bonchev–Trinajstić information content (AvgIpc) is 2.40. The molecule has 100 valence electrons. The largest absolute Gasteiger partial charge is 0.486 e. The quantitative estimate of drug-likeness (QED) is 0.521. The van der Waals surface area contributed by atoms with E-state index in [0.717, 1.165) is 5.56 Å². The number of halogens is 2. The Hall–Kier alpha value is -1.28. The standard InChI is InChI=1S/C13H12Cl2N2OS/c1-8(10(6-16)13(19)18-2)17-7-9-3-4-11(14)12(15)5-9/h3-5,17H,7H2,1-2H3. The molecule has 0 aliphatic heterocycles. The molecule has 0 spiro atoms. The van der Waals surface area contributed by atoms with E-state index in [-0.39, 0.29) is 5.05 Å². The Kier molecular flexibility index (Phi) is 6.10. The van der Waals surface area contributed by atoms with Crippen molar-refractivity contribution in [3.63, 3.8) is 0 Å². The molecule has 0 aliphatic carbocycles. The molecule has 1 N–H and O–H groups in total. The third-order valence-electron chi connectivity index (χ3n) is 2.42. The van der Waals surface area contributed by atoms with Gasteiger partial charge in [-0.3, -0.25) is 0 Å². The number of hydrogen-bond acceptors (Lipinski definition) is 4. The summed E-state index contributed by atoms with van der Waals surface area (Å²) in [6, 6.07) is 7.37. The number of nitrogens with one attached hydrogen (secondary N) is 1. The van der Waals surface area contributed by atoms with Crippen molar-refractivity contribution in [2.75, 3.05) is 7.11 Å². The molecule has 0 saturated carbocycles. The summed E-state index contributed by atoms with van der Waals surface area (Å²) in [6.07, 6.45) is 0. The van der Waals surface area contributed by atoms with Gasteiger partial charge in [-0.25, -0.2) is 0 Å². The molecule has 0 aliphatic rings. The van der Waals surface area contributed by atoms with Crippen molar-refractivity contribution in [2.45, 2.75) is 13.5 Å². The molecule has 3 nitrogen and oxygen atoms in total. The predicted octanol–water partition coefficient (Wildman–Crippen LogP) is 3.85. The van der Waals surface area contributed by atoms with Crippen molar-refractivity contribution >= 4 is 40.5 Å². The minimum atomic E-state index is 0.168. The van der Waals surface area contributed by atoms with Crippen molar-refractivity contribution in [3.8, 4) is 6.07 Å². The van der Waals surface area contributed by atoms with Gasteiger partial charge in [0.15, 0.2) is 0 Å². The summed E-state index contributed by atoms with van der Waals surface area (Å²) in [7, 11) is 1.44. The van der Waals surface area contributed by atoms with E-state index in [1.165, 1.54) is 7.11 Å². The van der Waals surface area contributed by atoms with Gasteiger partial charge in [0.1, 0.15) is 11.6 Å². The predicted molar refractivity (Wildman–Crippen MR) is 81.2 cm³/mol.